The largest absolute Gasteiger partial charge is 0.440 e. The monoisotopic (exact) mass is 254 g/mol. The van der Waals surface area contributed by atoms with Gasteiger partial charge in [0.25, 0.3) is 5.69 Å². The van der Waals surface area contributed by atoms with Crippen LogP contribution in [0.3, 0.4) is 0 Å². The van der Waals surface area contributed by atoms with E-state index >= 15 is 0 Å². The fourth-order valence-electron chi connectivity index (χ4n) is 1.92. The summed E-state index contributed by atoms with van der Waals surface area (Å²) < 4.78 is 5.67. The molecule has 5 nitrogen and oxygen atoms in total. The van der Waals surface area contributed by atoms with Crippen LogP contribution in [0, 0.1) is 10.1 Å². The van der Waals surface area contributed by atoms with Crippen LogP contribution in [0.2, 0.25) is 0 Å². The van der Waals surface area contributed by atoms with Crippen molar-refractivity contribution in [3.05, 3.63) is 70.6 Å². The van der Waals surface area contributed by atoms with E-state index in [-0.39, 0.29) is 11.6 Å². The van der Waals surface area contributed by atoms with Gasteiger partial charge < -0.3 is 4.42 Å². The molecular formula is C14H10N2O3. The van der Waals surface area contributed by atoms with Crippen molar-refractivity contribution in [1.29, 1.82) is 0 Å². The SMILES string of the molecule is O=[N+]([O-])c1ccc(-c2ncc(C3C=CC=C3)o2)cc1. The van der Waals surface area contributed by atoms with Crippen molar-refractivity contribution in [3.63, 3.8) is 0 Å². The van der Waals surface area contributed by atoms with Crippen LogP contribution < -0.4 is 0 Å². The van der Waals surface area contributed by atoms with E-state index in [0.29, 0.717) is 5.89 Å². The molecular weight excluding hydrogens is 244 g/mol. The Labute approximate surface area is 109 Å². The number of nitrogens with zero attached hydrogens (tertiary/aromatic N) is 2. The minimum atomic E-state index is -0.432. The zero-order valence-electron chi connectivity index (χ0n) is 9.89. The molecule has 1 aliphatic rings. The summed E-state index contributed by atoms with van der Waals surface area (Å²) in [6.45, 7) is 0. The summed E-state index contributed by atoms with van der Waals surface area (Å²) in [6, 6.07) is 6.14. The van der Waals surface area contributed by atoms with Gasteiger partial charge in [0.2, 0.25) is 5.89 Å². The molecule has 0 fully saturated rings. The maximum absolute atomic E-state index is 10.6. The van der Waals surface area contributed by atoms with Gasteiger partial charge >= 0.3 is 0 Å². The molecule has 0 unspecified atom stereocenters. The maximum atomic E-state index is 10.6. The Morgan fingerprint density at radius 1 is 1.16 bits per heavy atom. The van der Waals surface area contributed by atoms with Crippen molar-refractivity contribution < 1.29 is 9.34 Å². The molecule has 0 radical (unpaired) electrons. The van der Waals surface area contributed by atoms with Gasteiger partial charge in [0.15, 0.2) is 0 Å². The average molecular weight is 254 g/mol. The van der Waals surface area contributed by atoms with Crippen molar-refractivity contribution in [3.8, 4) is 11.5 Å². The quantitative estimate of drug-likeness (QED) is 0.621. The van der Waals surface area contributed by atoms with Crippen molar-refractivity contribution in [2.24, 2.45) is 0 Å². The van der Waals surface area contributed by atoms with Gasteiger partial charge in [0, 0.05) is 17.7 Å². The van der Waals surface area contributed by atoms with Crippen LogP contribution in [0.15, 0.2) is 59.2 Å². The second kappa shape index (κ2) is 4.53. The van der Waals surface area contributed by atoms with Gasteiger partial charge in [-0.3, -0.25) is 10.1 Å². The lowest BCUT2D eigenvalue weighted by atomic mass is 10.1. The molecule has 19 heavy (non-hydrogen) atoms. The second-order valence-corrected chi connectivity index (χ2v) is 4.17. The van der Waals surface area contributed by atoms with Crippen LogP contribution >= 0.6 is 0 Å². The number of benzene rings is 1. The maximum Gasteiger partial charge on any atom is 0.269 e. The van der Waals surface area contributed by atoms with Gasteiger partial charge in [-0.05, 0) is 12.1 Å². The highest BCUT2D eigenvalue weighted by Crippen LogP contribution is 2.28. The topological polar surface area (TPSA) is 69.2 Å². The van der Waals surface area contributed by atoms with Gasteiger partial charge in [-0.1, -0.05) is 24.3 Å². The van der Waals surface area contributed by atoms with E-state index in [9.17, 15) is 10.1 Å². The van der Waals surface area contributed by atoms with Crippen molar-refractivity contribution >= 4 is 5.69 Å². The van der Waals surface area contributed by atoms with E-state index in [0.717, 1.165) is 11.3 Å². The van der Waals surface area contributed by atoms with Gasteiger partial charge in [-0.25, -0.2) is 4.98 Å². The van der Waals surface area contributed by atoms with E-state index in [1.54, 1.807) is 18.3 Å². The number of nitro benzene ring substituents is 1. The first-order chi connectivity index (χ1) is 9.24. The second-order valence-electron chi connectivity index (χ2n) is 4.17. The van der Waals surface area contributed by atoms with Gasteiger partial charge in [-0.15, -0.1) is 0 Å². The smallest absolute Gasteiger partial charge is 0.269 e. The molecule has 0 saturated carbocycles. The van der Waals surface area contributed by atoms with Gasteiger partial charge in [-0.2, -0.15) is 0 Å². The lowest BCUT2D eigenvalue weighted by Crippen LogP contribution is -1.87. The van der Waals surface area contributed by atoms with Crippen LogP contribution in [0.25, 0.3) is 11.5 Å². The summed E-state index contributed by atoms with van der Waals surface area (Å²) in [5.41, 5.74) is 0.778. The molecule has 1 aliphatic carbocycles. The Kier molecular flexibility index (Phi) is 2.72. The van der Waals surface area contributed by atoms with Crippen molar-refractivity contribution in [1.82, 2.24) is 4.98 Å². The Bertz CT molecular complexity index is 656. The molecule has 0 atom stereocenters. The van der Waals surface area contributed by atoms with Crippen LogP contribution in [0.1, 0.15) is 11.7 Å². The number of hydrogen-bond acceptors (Lipinski definition) is 4. The summed E-state index contributed by atoms with van der Waals surface area (Å²) >= 11 is 0. The van der Waals surface area contributed by atoms with Crippen molar-refractivity contribution in [2.45, 2.75) is 5.92 Å². The van der Waals surface area contributed by atoms with Crippen LogP contribution in [-0.2, 0) is 0 Å². The minimum absolute atomic E-state index is 0.0530. The molecule has 1 aromatic carbocycles. The number of non-ortho nitro benzene ring substituents is 1. The third-order valence-corrected chi connectivity index (χ3v) is 2.93. The lowest BCUT2D eigenvalue weighted by Gasteiger charge is -1.99. The molecule has 3 rings (SSSR count). The minimum Gasteiger partial charge on any atom is -0.440 e. The predicted octanol–water partition coefficient (Wildman–Crippen LogP) is 3.46. The molecule has 0 bridgehead atoms. The fourth-order valence-corrected chi connectivity index (χ4v) is 1.92. The fraction of sp³-hybridized carbons (Fsp3) is 0.0714. The zero-order valence-corrected chi connectivity index (χ0v) is 9.89. The molecule has 94 valence electrons. The first kappa shape index (κ1) is 11.4. The third-order valence-electron chi connectivity index (χ3n) is 2.93. The predicted molar refractivity (Wildman–Crippen MR) is 69.6 cm³/mol. The third kappa shape index (κ3) is 2.18. The first-order valence-corrected chi connectivity index (χ1v) is 5.79. The van der Waals surface area contributed by atoms with E-state index in [4.69, 9.17) is 4.42 Å². The normalized spacial score (nSPS) is 14.1. The van der Waals surface area contributed by atoms with Crippen LogP contribution in [-0.4, -0.2) is 9.91 Å². The molecule has 1 aromatic heterocycles. The number of allylic oxidation sites excluding steroid dienone is 4. The Balaban J connectivity index is 1.88. The van der Waals surface area contributed by atoms with Gasteiger partial charge in [0.05, 0.1) is 17.0 Å². The van der Waals surface area contributed by atoms with Crippen molar-refractivity contribution in [2.75, 3.05) is 0 Å². The molecule has 0 aliphatic heterocycles. The standard InChI is InChI=1S/C14H10N2O3/c17-16(18)12-7-5-11(6-8-12)14-15-9-13(19-14)10-3-1-2-4-10/h1-10H. The van der Waals surface area contributed by atoms with E-state index in [2.05, 4.69) is 4.98 Å². The highest BCUT2D eigenvalue weighted by atomic mass is 16.6. The van der Waals surface area contributed by atoms with Crippen LogP contribution in [0.5, 0.6) is 0 Å². The molecule has 0 saturated heterocycles. The molecule has 2 aromatic rings. The highest BCUT2D eigenvalue weighted by Gasteiger charge is 2.14. The summed E-state index contributed by atoms with van der Waals surface area (Å²) in [7, 11) is 0. The van der Waals surface area contributed by atoms with E-state index in [1.165, 1.54) is 12.1 Å². The number of aromatic nitrogens is 1. The Morgan fingerprint density at radius 3 is 2.47 bits per heavy atom. The summed E-state index contributed by atoms with van der Waals surface area (Å²) in [5.74, 6) is 1.36. The summed E-state index contributed by atoms with van der Waals surface area (Å²) in [6.07, 6.45) is 9.62. The first-order valence-electron chi connectivity index (χ1n) is 5.79. The molecule has 1 heterocycles. The summed E-state index contributed by atoms with van der Waals surface area (Å²) in [4.78, 5) is 14.3. The molecule has 5 heteroatoms. The average Bonchev–Trinajstić information content (AvgIpc) is 3.10. The number of rotatable bonds is 3. The Morgan fingerprint density at radius 2 is 1.84 bits per heavy atom. The Hall–Kier alpha value is -2.69. The number of oxazole rings is 1. The number of hydrogen-bond donors (Lipinski definition) is 0. The molecule has 0 amide bonds. The lowest BCUT2D eigenvalue weighted by molar-refractivity contribution is -0.384. The van der Waals surface area contributed by atoms with Crippen LogP contribution in [0.4, 0.5) is 5.69 Å². The number of nitro groups is 1. The van der Waals surface area contributed by atoms with E-state index in [1.807, 2.05) is 24.3 Å². The highest BCUT2D eigenvalue weighted by molar-refractivity contribution is 5.56. The molecule has 0 spiro atoms. The van der Waals surface area contributed by atoms with E-state index < -0.39 is 4.92 Å². The van der Waals surface area contributed by atoms with Gasteiger partial charge in [0.1, 0.15) is 5.76 Å². The molecule has 0 N–H and O–H groups in total. The zero-order chi connectivity index (χ0) is 13.2. The summed E-state index contributed by atoms with van der Waals surface area (Å²) in [5, 5.41) is 10.6.